The number of fused-ring (bicyclic) bond motifs is 2. The normalized spacial score (nSPS) is 15.9. The van der Waals surface area contributed by atoms with Gasteiger partial charge < -0.3 is 14.6 Å². The Morgan fingerprint density at radius 3 is 2.89 bits per heavy atom. The highest BCUT2D eigenvalue weighted by Gasteiger charge is 2.21. The minimum Gasteiger partial charge on any atom is -0.493 e. The van der Waals surface area contributed by atoms with Gasteiger partial charge in [0.25, 0.3) is 0 Å². The van der Waals surface area contributed by atoms with E-state index >= 15 is 0 Å². The van der Waals surface area contributed by atoms with E-state index in [9.17, 15) is 5.11 Å². The second-order valence-corrected chi connectivity index (χ2v) is 7.88. The molecular formula is C20H14N2O3S2. The number of aromatic hydroxyl groups is 1. The van der Waals surface area contributed by atoms with Gasteiger partial charge in [0.1, 0.15) is 0 Å². The average Bonchev–Trinajstić information content (AvgIpc) is 3.32. The van der Waals surface area contributed by atoms with Crippen LogP contribution in [0.4, 0.5) is 5.69 Å². The number of thiazole rings is 1. The molecule has 1 aromatic heterocycles. The van der Waals surface area contributed by atoms with Crippen molar-refractivity contribution in [3.05, 3.63) is 56.9 Å². The van der Waals surface area contributed by atoms with E-state index in [1.807, 2.05) is 55.5 Å². The van der Waals surface area contributed by atoms with Gasteiger partial charge >= 0.3 is 0 Å². The van der Waals surface area contributed by atoms with Crippen LogP contribution in [-0.4, -0.2) is 22.2 Å². The molecule has 27 heavy (non-hydrogen) atoms. The molecule has 0 amide bonds. The predicted octanol–water partition coefficient (Wildman–Crippen LogP) is 5.35. The Labute approximate surface area is 164 Å². The van der Waals surface area contributed by atoms with Gasteiger partial charge in [-0.15, -0.1) is 11.3 Å². The van der Waals surface area contributed by atoms with Crippen molar-refractivity contribution in [2.45, 2.75) is 6.92 Å². The molecule has 134 valence electrons. The first kappa shape index (κ1) is 16.3. The van der Waals surface area contributed by atoms with Crippen molar-refractivity contribution < 1.29 is 14.6 Å². The van der Waals surface area contributed by atoms with E-state index in [0.29, 0.717) is 20.3 Å². The van der Waals surface area contributed by atoms with E-state index in [2.05, 4.69) is 4.99 Å². The second kappa shape index (κ2) is 6.07. The third kappa shape index (κ3) is 2.58. The minimum absolute atomic E-state index is 0.105. The molecule has 2 aromatic carbocycles. The number of hydrogen-bond donors (Lipinski definition) is 1. The molecule has 2 aliphatic rings. The molecule has 0 saturated carbocycles. The monoisotopic (exact) mass is 394 g/mol. The molecule has 0 saturated heterocycles. The van der Waals surface area contributed by atoms with Crippen LogP contribution in [0.2, 0.25) is 0 Å². The third-order valence-electron chi connectivity index (χ3n) is 4.57. The molecule has 3 aromatic rings. The van der Waals surface area contributed by atoms with Crippen LogP contribution < -0.4 is 9.47 Å². The van der Waals surface area contributed by atoms with Gasteiger partial charge in [-0.25, -0.2) is 0 Å². The van der Waals surface area contributed by atoms with Crippen molar-refractivity contribution in [1.29, 1.82) is 0 Å². The zero-order valence-corrected chi connectivity index (χ0v) is 15.9. The van der Waals surface area contributed by atoms with Crippen molar-refractivity contribution in [1.82, 2.24) is 4.57 Å². The topological polar surface area (TPSA) is 56.0 Å². The predicted molar refractivity (Wildman–Crippen MR) is 109 cm³/mol. The Hall–Kier alpha value is -2.90. The van der Waals surface area contributed by atoms with Crippen LogP contribution >= 0.6 is 23.6 Å². The zero-order chi connectivity index (χ0) is 18.5. The molecule has 0 bridgehead atoms. The molecule has 0 unspecified atom stereocenters. The van der Waals surface area contributed by atoms with Crippen LogP contribution in [0.5, 0.6) is 17.4 Å². The van der Waals surface area contributed by atoms with Crippen molar-refractivity contribution in [3.63, 3.8) is 0 Å². The second-order valence-electron chi connectivity index (χ2n) is 6.20. The molecule has 0 radical (unpaired) electrons. The number of nitrogens with zero attached hydrogens (tertiary/aromatic N) is 2. The quantitative estimate of drug-likeness (QED) is 0.596. The lowest BCUT2D eigenvalue weighted by Crippen LogP contribution is -1.94. The summed E-state index contributed by atoms with van der Waals surface area (Å²) in [7, 11) is 0. The molecule has 0 spiro atoms. The van der Waals surface area contributed by atoms with Gasteiger partial charge in [0, 0.05) is 22.9 Å². The van der Waals surface area contributed by atoms with E-state index in [1.54, 1.807) is 4.57 Å². The van der Waals surface area contributed by atoms with Gasteiger partial charge in [0.2, 0.25) is 12.7 Å². The van der Waals surface area contributed by atoms with Gasteiger partial charge in [-0.2, -0.15) is 0 Å². The van der Waals surface area contributed by atoms with Crippen LogP contribution in [-0.2, 0) is 0 Å². The highest BCUT2D eigenvalue weighted by molar-refractivity contribution is 7.73. The fourth-order valence-corrected chi connectivity index (χ4v) is 4.57. The number of allylic oxidation sites excluding steroid dienone is 1. The molecule has 5 rings (SSSR count). The number of rotatable bonds is 2. The Balaban J connectivity index is 1.62. The molecule has 3 heterocycles. The minimum atomic E-state index is 0.105. The standard InChI is InChI=1S/C20H14N2O3S2/c1-11-14(13-4-2-3-5-15(13)21-11)9-18-19(23)22(20(26)27-18)12-6-7-16-17(8-12)25-10-24-16/h2-9,23H,10H2,1H3/b14-9-. The summed E-state index contributed by atoms with van der Waals surface area (Å²) in [5.74, 6) is 1.44. The fourth-order valence-electron chi connectivity index (χ4n) is 3.28. The zero-order valence-electron chi connectivity index (χ0n) is 14.3. The Morgan fingerprint density at radius 2 is 2.00 bits per heavy atom. The van der Waals surface area contributed by atoms with E-state index in [0.717, 1.165) is 28.2 Å². The molecular weight excluding hydrogens is 380 g/mol. The summed E-state index contributed by atoms with van der Waals surface area (Å²) in [6.45, 7) is 2.17. The van der Waals surface area contributed by atoms with Gasteiger partial charge in [-0.3, -0.25) is 9.56 Å². The van der Waals surface area contributed by atoms with E-state index in [1.165, 1.54) is 11.3 Å². The van der Waals surface area contributed by atoms with Crippen LogP contribution in [0.25, 0.3) is 17.3 Å². The number of hydrogen-bond acceptors (Lipinski definition) is 6. The van der Waals surface area contributed by atoms with Crippen LogP contribution in [0.1, 0.15) is 17.4 Å². The Bertz CT molecular complexity index is 1200. The number of ether oxygens (including phenoxy) is 2. The average molecular weight is 394 g/mol. The summed E-state index contributed by atoms with van der Waals surface area (Å²) in [4.78, 5) is 5.29. The van der Waals surface area contributed by atoms with E-state index in [4.69, 9.17) is 21.7 Å². The summed E-state index contributed by atoms with van der Waals surface area (Å²) in [6, 6.07) is 13.5. The molecule has 5 nitrogen and oxygen atoms in total. The maximum absolute atomic E-state index is 10.9. The van der Waals surface area contributed by atoms with E-state index < -0.39 is 0 Å². The van der Waals surface area contributed by atoms with Gasteiger partial charge in [0.15, 0.2) is 15.5 Å². The Kier molecular flexibility index (Phi) is 3.66. The molecule has 0 aliphatic carbocycles. The largest absolute Gasteiger partial charge is 0.493 e. The van der Waals surface area contributed by atoms with Crippen molar-refractivity contribution in [3.8, 4) is 23.1 Å². The van der Waals surface area contributed by atoms with E-state index in [-0.39, 0.29) is 12.7 Å². The number of aliphatic imine (C=N–C) groups is 1. The highest BCUT2D eigenvalue weighted by Crippen LogP contribution is 2.40. The summed E-state index contributed by atoms with van der Waals surface area (Å²) in [6.07, 6.45) is 1.95. The first-order valence-electron chi connectivity index (χ1n) is 8.33. The van der Waals surface area contributed by atoms with Crippen LogP contribution in [0.15, 0.2) is 47.5 Å². The maximum Gasteiger partial charge on any atom is 0.231 e. The summed E-state index contributed by atoms with van der Waals surface area (Å²) in [5.41, 5.74) is 4.65. The van der Waals surface area contributed by atoms with Crippen LogP contribution in [0, 0.1) is 3.95 Å². The Morgan fingerprint density at radius 1 is 1.19 bits per heavy atom. The lowest BCUT2D eigenvalue weighted by molar-refractivity contribution is 0.174. The first-order chi connectivity index (χ1) is 13.1. The lowest BCUT2D eigenvalue weighted by Gasteiger charge is -2.06. The van der Waals surface area contributed by atoms with Gasteiger partial charge in [-0.1, -0.05) is 18.2 Å². The van der Waals surface area contributed by atoms with Crippen molar-refractivity contribution in [2.75, 3.05) is 6.79 Å². The van der Waals surface area contributed by atoms with Crippen LogP contribution in [0.3, 0.4) is 0 Å². The highest BCUT2D eigenvalue weighted by atomic mass is 32.1. The van der Waals surface area contributed by atoms with Gasteiger partial charge in [0.05, 0.1) is 16.3 Å². The third-order valence-corrected chi connectivity index (χ3v) is 5.88. The molecule has 2 aliphatic heterocycles. The van der Waals surface area contributed by atoms with Crippen molar-refractivity contribution in [2.24, 2.45) is 4.99 Å². The summed E-state index contributed by atoms with van der Waals surface area (Å²) in [5, 5.41) is 10.9. The lowest BCUT2D eigenvalue weighted by atomic mass is 10.0. The molecule has 1 N–H and O–H groups in total. The summed E-state index contributed by atoms with van der Waals surface area (Å²) >= 11 is 6.87. The number of para-hydroxylation sites is 1. The molecule has 7 heteroatoms. The number of benzene rings is 2. The smallest absolute Gasteiger partial charge is 0.231 e. The SMILES string of the molecule is CC1=Nc2ccccc2/C1=C\c1sc(=S)n(-c2ccc3c(c2)OCO3)c1O. The molecule has 0 fully saturated rings. The van der Waals surface area contributed by atoms with Gasteiger partial charge in [-0.05, 0) is 43.4 Å². The maximum atomic E-state index is 10.9. The molecule has 0 atom stereocenters. The fraction of sp³-hybridized carbons (Fsp3) is 0.100. The number of aromatic nitrogens is 1. The summed E-state index contributed by atoms with van der Waals surface area (Å²) < 4.78 is 13.0. The first-order valence-corrected chi connectivity index (χ1v) is 9.56. The van der Waals surface area contributed by atoms with Crippen molar-refractivity contribution >= 4 is 46.6 Å².